The average Bonchev–Trinajstić information content (AvgIpc) is 4.08. The molecule has 0 saturated heterocycles. The average molecular weight is 941 g/mol. The van der Waals surface area contributed by atoms with Crippen LogP contribution < -0.4 is 0 Å². The Labute approximate surface area is 433 Å². The van der Waals surface area contributed by atoms with Crippen LogP contribution in [0.5, 0.6) is 0 Å². The quantitative estimate of drug-likeness (QED) is 0.165. The minimum atomic E-state index is -0.138. The standard InChI is InChI=1S/C74H52/c1-41-17-15-19-43(37-41)63-51-23-7-8-24-52(51)64(44-20-16-18-42(2)38-44)70-56-34-36-58-68-57(35-33-55(67(56)68)69(63)70)71-65(45-29-31-49-47-21-11-13-27-59(47)73(3,4)61(49)39-45)53-25-9-10-26-54(53)66(72(58)71)46-30-32-50-48-22-12-14-28-60(48)74(5,6)62(50)40-46/h7-40H,1-6H3. The third-order valence-electron chi connectivity index (χ3n) is 18.0. The van der Waals surface area contributed by atoms with E-state index in [0.717, 1.165) is 0 Å². The Morgan fingerprint density at radius 2 is 0.527 bits per heavy atom. The third kappa shape index (κ3) is 5.32. The Morgan fingerprint density at radius 1 is 0.230 bits per heavy atom. The second kappa shape index (κ2) is 14.6. The van der Waals surface area contributed by atoms with Crippen LogP contribution in [0.15, 0.2) is 206 Å². The maximum atomic E-state index is 2.55. The predicted molar refractivity (Wildman–Crippen MR) is 314 cm³/mol. The zero-order chi connectivity index (χ0) is 49.5. The molecule has 0 heterocycles. The van der Waals surface area contributed by atoms with Crippen LogP contribution in [0.4, 0.5) is 0 Å². The van der Waals surface area contributed by atoms with Gasteiger partial charge in [-0.25, -0.2) is 0 Å². The highest BCUT2D eigenvalue weighted by molar-refractivity contribution is 6.35. The number of aryl methyl sites for hydroxylation is 2. The van der Waals surface area contributed by atoms with Crippen LogP contribution >= 0.6 is 0 Å². The lowest BCUT2D eigenvalue weighted by Gasteiger charge is -2.25. The van der Waals surface area contributed by atoms with Crippen molar-refractivity contribution in [1.29, 1.82) is 0 Å². The second-order valence-electron chi connectivity index (χ2n) is 22.8. The molecule has 0 saturated carbocycles. The van der Waals surface area contributed by atoms with E-state index >= 15 is 0 Å². The molecule has 0 atom stereocenters. The van der Waals surface area contributed by atoms with Gasteiger partial charge >= 0.3 is 0 Å². The highest BCUT2D eigenvalue weighted by Gasteiger charge is 2.40. The van der Waals surface area contributed by atoms with Crippen LogP contribution in [-0.2, 0) is 10.8 Å². The fourth-order valence-electron chi connectivity index (χ4n) is 14.8. The first-order valence-electron chi connectivity index (χ1n) is 26.5. The summed E-state index contributed by atoms with van der Waals surface area (Å²) in [6, 6.07) is 79.7. The van der Waals surface area contributed by atoms with Gasteiger partial charge in [-0.1, -0.05) is 233 Å². The molecule has 0 nitrogen and oxygen atoms in total. The molecule has 12 aromatic carbocycles. The molecule has 0 unspecified atom stereocenters. The van der Waals surface area contributed by atoms with E-state index in [0.29, 0.717) is 0 Å². The normalized spacial score (nSPS) is 14.3. The van der Waals surface area contributed by atoms with Crippen LogP contribution in [0.1, 0.15) is 61.1 Å². The van der Waals surface area contributed by atoms with Gasteiger partial charge in [-0.15, -0.1) is 0 Å². The Balaban J connectivity index is 1.04. The Hall–Kier alpha value is -8.58. The van der Waals surface area contributed by atoms with Gasteiger partial charge in [-0.2, -0.15) is 0 Å². The Bertz CT molecular complexity index is 4260. The maximum absolute atomic E-state index is 2.55. The van der Waals surface area contributed by atoms with E-state index < -0.39 is 0 Å². The lowest BCUT2D eigenvalue weighted by atomic mass is 9.78. The molecule has 16 rings (SSSR count). The monoisotopic (exact) mass is 940 g/mol. The zero-order valence-electron chi connectivity index (χ0n) is 42.6. The van der Waals surface area contributed by atoms with Crippen molar-refractivity contribution in [2.45, 2.75) is 52.4 Å². The zero-order valence-corrected chi connectivity index (χ0v) is 42.6. The molecule has 0 aliphatic heterocycles. The number of fused-ring (bicyclic) bond motifs is 14. The van der Waals surface area contributed by atoms with Crippen LogP contribution in [0.2, 0.25) is 0 Å². The van der Waals surface area contributed by atoms with E-state index in [9.17, 15) is 0 Å². The van der Waals surface area contributed by atoms with Crippen molar-refractivity contribution in [3.05, 3.63) is 240 Å². The SMILES string of the molecule is Cc1cccc(-c2c3c(c(-c4cccc(C)c4)c4ccccc24)-c2ccc4c5c(ccc-3c25)-c2c-4c(-c3ccc4c(c3)C(C)(C)c3ccccc3-4)c3ccccc3c2-c2ccc3c(c2)C(C)(C)c2ccccc2-3)c1. The van der Waals surface area contributed by atoms with E-state index in [1.165, 1.54) is 177 Å². The van der Waals surface area contributed by atoms with Gasteiger partial charge in [0.05, 0.1) is 0 Å². The van der Waals surface area contributed by atoms with E-state index in [2.05, 4.69) is 248 Å². The highest BCUT2D eigenvalue weighted by Crippen LogP contribution is 2.65. The molecule has 348 valence electrons. The summed E-state index contributed by atoms with van der Waals surface area (Å²) in [5.74, 6) is 0. The molecule has 0 radical (unpaired) electrons. The minimum absolute atomic E-state index is 0.138. The van der Waals surface area contributed by atoms with Crippen molar-refractivity contribution in [1.82, 2.24) is 0 Å². The molecule has 0 heteroatoms. The third-order valence-corrected chi connectivity index (χ3v) is 18.0. The van der Waals surface area contributed by atoms with E-state index in [4.69, 9.17) is 0 Å². The molecule has 74 heavy (non-hydrogen) atoms. The van der Waals surface area contributed by atoms with Crippen molar-refractivity contribution in [2.24, 2.45) is 0 Å². The van der Waals surface area contributed by atoms with Gasteiger partial charge in [-0.3, -0.25) is 0 Å². The first kappa shape index (κ1) is 42.0. The molecule has 0 spiro atoms. The van der Waals surface area contributed by atoms with Gasteiger partial charge in [-0.05, 0) is 192 Å². The molecule has 4 aliphatic rings. The number of benzene rings is 12. The Morgan fingerprint density at radius 3 is 0.878 bits per heavy atom. The minimum Gasteiger partial charge on any atom is -0.0619 e. The molecule has 0 aromatic heterocycles. The maximum Gasteiger partial charge on any atom is 0.0159 e. The van der Waals surface area contributed by atoms with Crippen molar-refractivity contribution in [2.75, 3.05) is 0 Å². The van der Waals surface area contributed by atoms with Gasteiger partial charge in [0, 0.05) is 10.8 Å². The first-order chi connectivity index (χ1) is 36.1. The topological polar surface area (TPSA) is 0 Å². The van der Waals surface area contributed by atoms with Gasteiger partial charge in [0.1, 0.15) is 0 Å². The van der Waals surface area contributed by atoms with Gasteiger partial charge in [0.25, 0.3) is 0 Å². The van der Waals surface area contributed by atoms with Crippen LogP contribution in [-0.4, -0.2) is 0 Å². The van der Waals surface area contributed by atoms with Gasteiger partial charge < -0.3 is 0 Å². The summed E-state index contributed by atoms with van der Waals surface area (Å²) in [6.45, 7) is 14.1. The number of hydrogen-bond donors (Lipinski definition) is 0. The lowest BCUT2D eigenvalue weighted by molar-refractivity contribution is 0.660. The number of hydrogen-bond acceptors (Lipinski definition) is 0. The Kier molecular flexibility index (Phi) is 8.26. The highest BCUT2D eigenvalue weighted by atomic mass is 14.4. The van der Waals surface area contributed by atoms with Gasteiger partial charge in [0.2, 0.25) is 0 Å². The predicted octanol–water partition coefficient (Wildman–Crippen LogP) is 20.3. The van der Waals surface area contributed by atoms with Crippen molar-refractivity contribution < 1.29 is 0 Å². The molecule has 0 amide bonds. The largest absolute Gasteiger partial charge is 0.0619 e. The fraction of sp³-hybridized carbons (Fsp3) is 0.108. The fourth-order valence-corrected chi connectivity index (χ4v) is 14.8. The number of rotatable bonds is 4. The molecular formula is C74H52. The van der Waals surface area contributed by atoms with E-state index in [1.54, 1.807) is 0 Å². The second-order valence-corrected chi connectivity index (χ2v) is 22.8. The van der Waals surface area contributed by atoms with Gasteiger partial charge in [0.15, 0.2) is 0 Å². The van der Waals surface area contributed by atoms with Crippen molar-refractivity contribution in [3.63, 3.8) is 0 Å². The summed E-state index contributed by atoms with van der Waals surface area (Å²) >= 11 is 0. The summed E-state index contributed by atoms with van der Waals surface area (Å²) < 4.78 is 0. The van der Waals surface area contributed by atoms with E-state index in [-0.39, 0.29) is 10.8 Å². The molecule has 0 bridgehead atoms. The molecule has 0 N–H and O–H groups in total. The van der Waals surface area contributed by atoms with Crippen LogP contribution in [0.3, 0.4) is 0 Å². The summed E-state index contributed by atoms with van der Waals surface area (Å²) in [6.07, 6.45) is 0. The summed E-state index contributed by atoms with van der Waals surface area (Å²) in [5, 5.41) is 7.88. The van der Waals surface area contributed by atoms with Crippen molar-refractivity contribution in [3.8, 4) is 111 Å². The lowest BCUT2D eigenvalue weighted by Crippen LogP contribution is -2.15. The first-order valence-corrected chi connectivity index (χ1v) is 26.5. The summed E-state index contributed by atoms with van der Waals surface area (Å²) in [5.41, 5.74) is 34.2. The van der Waals surface area contributed by atoms with Crippen molar-refractivity contribution >= 4 is 32.3 Å². The molecular weight excluding hydrogens is 889 g/mol. The molecule has 4 aliphatic carbocycles. The molecule has 12 aromatic rings. The smallest absolute Gasteiger partial charge is 0.0159 e. The van der Waals surface area contributed by atoms with Crippen LogP contribution in [0.25, 0.3) is 144 Å². The summed E-state index contributed by atoms with van der Waals surface area (Å²) in [7, 11) is 0. The summed E-state index contributed by atoms with van der Waals surface area (Å²) in [4.78, 5) is 0. The molecule has 0 fully saturated rings. The van der Waals surface area contributed by atoms with Crippen LogP contribution in [0, 0.1) is 13.8 Å². The van der Waals surface area contributed by atoms with E-state index in [1.807, 2.05) is 0 Å².